The van der Waals surface area contributed by atoms with E-state index in [0.29, 0.717) is 32.0 Å². The summed E-state index contributed by atoms with van der Waals surface area (Å²) in [7, 11) is 2.17. The monoisotopic (exact) mass is 298 g/mol. The van der Waals surface area contributed by atoms with Gasteiger partial charge in [-0.15, -0.1) is 0 Å². The van der Waals surface area contributed by atoms with E-state index in [1.54, 1.807) is 0 Å². The Morgan fingerprint density at radius 2 is 2.10 bits per heavy atom. The van der Waals surface area contributed by atoms with Crippen molar-refractivity contribution < 1.29 is 14.6 Å². The van der Waals surface area contributed by atoms with Gasteiger partial charge in [0.25, 0.3) is 0 Å². The van der Waals surface area contributed by atoms with Gasteiger partial charge >= 0.3 is 5.97 Å². The zero-order valence-electron chi connectivity index (χ0n) is 13.4. The lowest BCUT2D eigenvalue weighted by molar-refractivity contribution is -0.151. The highest BCUT2D eigenvalue weighted by atomic mass is 16.5. The number of carbonyl (C=O) groups excluding carboxylic acids is 1. The van der Waals surface area contributed by atoms with Gasteiger partial charge in [-0.25, -0.2) is 0 Å². The van der Waals surface area contributed by atoms with Crippen LogP contribution in [0.4, 0.5) is 0 Å². The van der Waals surface area contributed by atoms with Crippen LogP contribution in [0.3, 0.4) is 0 Å². The van der Waals surface area contributed by atoms with Gasteiger partial charge in [0.05, 0.1) is 18.1 Å². The van der Waals surface area contributed by atoms with Crippen LogP contribution in [-0.2, 0) is 9.53 Å². The molecule has 1 saturated carbocycles. The predicted octanol–water partition coefficient (Wildman–Crippen LogP) is 1.15. The Morgan fingerprint density at radius 3 is 2.67 bits per heavy atom. The fourth-order valence-electron chi connectivity index (χ4n) is 3.54. The molecule has 0 bridgehead atoms. The Hall–Kier alpha value is -0.650. The van der Waals surface area contributed by atoms with Gasteiger partial charge in [-0.05, 0) is 59.0 Å². The Balaban J connectivity index is 1.68. The van der Waals surface area contributed by atoms with Crippen molar-refractivity contribution in [2.45, 2.75) is 57.1 Å². The van der Waals surface area contributed by atoms with E-state index >= 15 is 0 Å². The zero-order chi connectivity index (χ0) is 15.3. The molecule has 1 atom stereocenters. The fraction of sp³-hybridized carbons (Fsp3) is 0.938. The van der Waals surface area contributed by atoms with Gasteiger partial charge in [-0.2, -0.15) is 0 Å². The largest absolute Gasteiger partial charge is 0.466 e. The quantitative estimate of drug-likeness (QED) is 0.721. The molecule has 1 unspecified atom stereocenters. The summed E-state index contributed by atoms with van der Waals surface area (Å²) in [5.41, 5.74) is -0.653. The number of esters is 1. The van der Waals surface area contributed by atoms with E-state index in [2.05, 4.69) is 17.3 Å². The maximum Gasteiger partial charge on any atom is 0.308 e. The van der Waals surface area contributed by atoms with Crippen molar-refractivity contribution in [1.29, 1.82) is 0 Å². The minimum Gasteiger partial charge on any atom is -0.466 e. The normalized spacial score (nSPS) is 34.0. The van der Waals surface area contributed by atoms with Crippen LogP contribution in [0, 0.1) is 5.92 Å². The molecule has 0 aromatic heterocycles. The predicted molar refractivity (Wildman–Crippen MR) is 82.1 cm³/mol. The molecule has 0 aromatic carbocycles. The molecule has 2 rings (SSSR count). The number of carbonyl (C=O) groups is 1. The summed E-state index contributed by atoms with van der Waals surface area (Å²) in [4.78, 5) is 14.1. The molecular formula is C16H30N2O3. The molecule has 1 saturated heterocycles. The molecule has 2 fully saturated rings. The first-order chi connectivity index (χ1) is 10.0. The van der Waals surface area contributed by atoms with Crippen molar-refractivity contribution in [3.05, 3.63) is 0 Å². The second-order valence-corrected chi connectivity index (χ2v) is 6.66. The topological polar surface area (TPSA) is 61.8 Å². The van der Waals surface area contributed by atoms with E-state index in [1.165, 1.54) is 19.4 Å². The lowest BCUT2D eigenvalue weighted by Crippen LogP contribution is -2.47. The van der Waals surface area contributed by atoms with E-state index in [0.717, 1.165) is 19.4 Å². The smallest absolute Gasteiger partial charge is 0.308 e. The second-order valence-electron chi connectivity index (χ2n) is 6.66. The van der Waals surface area contributed by atoms with E-state index in [-0.39, 0.29) is 11.9 Å². The number of rotatable bonds is 6. The third kappa shape index (κ3) is 4.66. The van der Waals surface area contributed by atoms with Crippen LogP contribution in [0.2, 0.25) is 0 Å². The van der Waals surface area contributed by atoms with E-state index < -0.39 is 5.60 Å². The molecule has 0 aromatic rings. The minimum atomic E-state index is -0.653. The fourth-order valence-corrected chi connectivity index (χ4v) is 3.54. The van der Waals surface area contributed by atoms with Crippen molar-refractivity contribution >= 4 is 5.97 Å². The van der Waals surface area contributed by atoms with Gasteiger partial charge in [-0.1, -0.05) is 0 Å². The standard InChI is InChI=1S/C16H30N2O3/c1-3-21-15(19)13-6-8-16(20,9-7-13)12-17-11-14-5-4-10-18(14)2/h13-14,17,20H,3-12H2,1-2H3. The lowest BCUT2D eigenvalue weighted by Gasteiger charge is -2.35. The summed E-state index contributed by atoms with van der Waals surface area (Å²) in [5, 5.41) is 14.0. The minimum absolute atomic E-state index is 0.0220. The highest BCUT2D eigenvalue weighted by molar-refractivity contribution is 5.72. The molecule has 0 spiro atoms. The first-order valence-corrected chi connectivity index (χ1v) is 8.34. The van der Waals surface area contributed by atoms with Gasteiger partial charge in [-0.3, -0.25) is 4.79 Å². The van der Waals surface area contributed by atoms with Crippen LogP contribution < -0.4 is 5.32 Å². The molecule has 21 heavy (non-hydrogen) atoms. The summed E-state index contributed by atoms with van der Waals surface area (Å²) in [6.45, 7) is 5.03. The summed E-state index contributed by atoms with van der Waals surface area (Å²) in [6, 6.07) is 0.601. The van der Waals surface area contributed by atoms with Gasteiger partial charge in [0, 0.05) is 19.1 Å². The van der Waals surface area contributed by atoms with E-state index in [4.69, 9.17) is 4.74 Å². The highest BCUT2D eigenvalue weighted by Gasteiger charge is 2.36. The highest BCUT2D eigenvalue weighted by Crippen LogP contribution is 2.32. The maximum atomic E-state index is 11.7. The lowest BCUT2D eigenvalue weighted by atomic mass is 9.78. The molecule has 2 aliphatic rings. The molecule has 0 amide bonds. The first kappa shape index (κ1) is 16.7. The zero-order valence-corrected chi connectivity index (χ0v) is 13.4. The number of nitrogens with one attached hydrogen (secondary N) is 1. The van der Waals surface area contributed by atoms with Crippen molar-refractivity contribution in [2.75, 3.05) is 33.3 Å². The van der Waals surface area contributed by atoms with Gasteiger partial charge in [0.15, 0.2) is 0 Å². The first-order valence-electron chi connectivity index (χ1n) is 8.34. The molecule has 1 aliphatic carbocycles. The molecule has 0 radical (unpaired) electrons. The third-order valence-corrected chi connectivity index (χ3v) is 5.04. The number of ether oxygens (including phenoxy) is 1. The number of likely N-dealkylation sites (N-methyl/N-ethyl adjacent to an activating group) is 1. The maximum absolute atomic E-state index is 11.7. The number of aliphatic hydroxyl groups is 1. The summed E-state index contributed by atoms with van der Waals surface area (Å²) in [5.74, 6) is -0.119. The SMILES string of the molecule is CCOC(=O)C1CCC(O)(CNCC2CCCN2C)CC1. The van der Waals surface area contributed by atoms with Crippen LogP contribution in [0.1, 0.15) is 45.4 Å². The molecular weight excluding hydrogens is 268 g/mol. The van der Waals surface area contributed by atoms with Crippen molar-refractivity contribution in [2.24, 2.45) is 5.92 Å². The van der Waals surface area contributed by atoms with Gasteiger partial charge in [0.2, 0.25) is 0 Å². The summed E-state index contributed by atoms with van der Waals surface area (Å²) >= 11 is 0. The Bertz CT molecular complexity index is 340. The number of nitrogens with zero attached hydrogens (tertiary/aromatic N) is 1. The number of hydrogen-bond acceptors (Lipinski definition) is 5. The van der Waals surface area contributed by atoms with Crippen molar-refractivity contribution in [1.82, 2.24) is 10.2 Å². The number of hydrogen-bond donors (Lipinski definition) is 2. The van der Waals surface area contributed by atoms with Gasteiger partial charge in [0.1, 0.15) is 0 Å². The van der Waals surface area contributed by atoms with Gasteiger partial charge < -0.3 is 20.1 Å². The Labute approximate surface area is 128 Å². The third-order valence-electron chi connectivity index (χ3n) is 5.04. The van der Waals surface area contributed by atoms with E-state index in [9.17, 15) is 9.90 Å². The van der Waals surface area contributed by atoms with Crippen LogP contribution in [-0.4, -0.2) is 60.9 Å². The summed E-state index contributed by atoms with van der Waals surface area (Å²) in [6.07, 6.45) is 5.36. The number of likely N-dealkylation sites (tertiary alicyclic amines) is 1. The molecule has 122 valence electrons. The molecule has 1 aliphatic heterocycles. The molecule has 2 N–H and O–H groups in total. The Morgan fingerprint density at radius 1 is 1.38 bits per heavy atom. The van der Waals surface area contributed by atoms with Crippen LogP contribution in [0.15, 0.2) is 0 Å². The molecule has 5 nitrogen and oxygen atoms in total. The average Bonchev–Trinajstić information content (AvgIpc) is 2.85. The second kappa shape index (κ2) is 7.56. The summed E-state index contributed by atoms with van der Waals surface area (Å²) < 4.78 is 5.07. The molecule has 5 heteroatoms. The Kier molecular flexibility index (Phi) is 6.02. The van der Waals surface area contributed by atoms with Crippen LogP contribution in [0.5, 0.6) is 0 Å². The van der Waals surface area contributed by atoms with Crippen molar-refractivity contribution in [3.63, 3.8) is 0 Å². The average molecular weight is 298 g/mol. The van der Waals surface area contributed by atoms with Crippen molar-refractivity contribution in [3.8, 4) is 0 Å². The van der Waals surface area contributed by atoms with Crippen LogP contribution >= 0.6 is 0 Å². The van der Waals surface area contributed by atoms with E-state index in [1.807, 2.05) is 6.92 Å². The molecule has 1 heterocycles. The van der Waals surface area contributed by atoms with Crippen LogP contribution in [0.25, 0.3) is 0 Å².